The van der Waals surface area contributed by atoms with E-state index in [9.17, 15) is 0 Å². The van der Waals surface area contributed by atoms with E-state index < -0.39 is 0 Å². The van der Waals surface area contributed by atoms with Gasteiger partial charge in [-0.05, 0) is 30.6 Å². The molecule has 0 heterocycles. The molecular weight excluding hydrogens is 180 g/mol. The Morgan fingerprint density at radius 1 is 1.20 bits per heavy atom. The summed E-state index contributed by atoms with van der Waals surface area (Å²) in [6, 6.07) is 0. The predicted octanol–water partition coefficient (Wildman–Crippen LogP) is 5.20. The van der Waals surface area contributed by atoms with Gasteiger partial charge in [0.1, 0.15) is 0 Å². The first-order chi connectivity index (χ1) is 6.91. The molecule has 1 rings (SSSR count). The van der Waals surface area contributed by atoms with Crippen molar-refractivity contribution in [2.75, 3.05) is 0 Å². The molecule has 0 heteroatoms. The van der Waals surface area contributed by atoms with Crippen LogP contribution in [0.3, 0.4) is 0 Å². The average molecular weight is 208 g/mol. The maximum Gasteiger partial charge on any atom is -0.0157 e. The molecule has 0 bridgehead atoms. The lowest BCUT2D eigenvalue weighted by molar-refractivity contribution is 0.205. The molecule has 1 aliphatic rings. The molecule has 0 nitrogen and oxygen atoms in total. The Kier molecular flexibility index (Phi) is 4.43. The highest BCUT2D eigenvalue weighted by molar-refractivity contribution is 5.02. The Morgan fingerprint density at radius 2 is 1.73 bits per heavy atom. The number of rotatable bonds is 3. The predicted molar refractivity (Wildman–Crippen MR) is 69.0 cm³/mol. The van der Waals surface area contributed by atoms with Gasteiger partial charge >= 0.3 is 0 Å². The number of hydrogen-bond donors (Lipinski definition) is 0. The van der Waals surface area contributed by atoms with Crippen molar-refractivity contribution >= 4 is 0 Å². The number of allylic oxidation sites excluding steroid dienone is 1. The van der Waals surface area contributed by atoms with Gasteiger partial charge in [0.2, 0.25) is 0 Å². The Bertz CT molecular complexity index is 201. The standard InChI is InChI=1S/C15H28/c1-12(2)14(15(3,4)5)11-13-9-7-6-8-10-13/h13-14H,1,6-11H2,2-5H3. The van der Waals surface area contributed by atoms with Gasteiger partial charge in [0.15, 0.2) is 0 Å². The van der Waals surface area contributed by atoms with Gasteiger partial charge in [0.05, 0.1) is 0 Å². The SMILES string of the molecule is C=C(C)C(CC1CCCCC1)C(C)(C)C. The molecule has 0 aliphatic heterocycles. The molecule has 0 saturated heterocycles. The van der Waals surface area contributed by atoms with E-state index in [1.165, 1.54) is 44.1 Å². The van der Waals surface area contributed by atoms with Gasteiger partial charge in [0, 0.05) is 0 Å². The highest BCUT2D eigenvalue weighted by atomic mass is 14.3. The van der Waals surface area contributed by atoms with Gasteiger partial charge in [-0.3, -0.25) is 0 Å². The van der Waals surface area contributed by atoms with Crippen LogP contribution in [0, 0.1) is 17.3 Å². The van der Waals surface area contributed by atoms with Gasteiger partial charge in [-0.15, -0.1) is 0 Å². The second-order valence-corrected chi connectivity index (χ2v) is 6.50. The van der Waals surface area contributed by atoms with Crippen LogP contribution in [0.25, 0.3) is 0 Å². The van der Waals surface area contributed by atoms with Crippen molar-refractivity contribution in [3.05, 3.63) is 12.2 Å². The Hall–Kier alpha value is -0.260. The lowest BCUT2D eigenvalue weighted by Crippen LogP contribution is -2.25. The maximum absolute atomic E-state index is 4.19. The van der Waals surface area contributed by atoms with Crippen molar-refractivity contribution in [2.24, 2.45) is 17.3 Å². The van der Waals surface area contributed by atoms with Crippen molar-refractivity contribution in [3.8, 4) is 0 Å². The molecule has 0 aromatic carbocycles. The maximum atomic E-state index is 4.19. The van der Waals surface area contributed by atoms with E-state index >= 15 is 0 Å². The fourth-order valence-electron chi connectivity index (χ4n) is 3.05. The van der Waals surface area contributed by atoms with Crippen LogP contribution in [0.2, 0.25) is 0 Å². The minimum absolute atomic E-state index is 0.392. The molecule has 0 aromatic heterocycles. The van der Waals surface area contributed by atoms with Crippen LogP contribution in [0.1, 0.15) is 66.2 Å². The molecule has 15 heavy (non-hydrogen) atoms. The van der Waals surface area contributed by atoms with E-state index in [2.05, 4.69) is 34.3 Å². The van der Waals surface area contributed by atoms with E-state index in [1.54, 1.807) is 0 Å². The molecule has 0 spiro atoms. The summed E-state index contributed by atoms with van der Waals surface area (Å²) in [5.74, 6) is 1.68. The zero-order valence-corrected chi connectivity index (χ0v) is 11.1. The van der Waals surface area contributed by atoms with Crippen LogP contribution < -0.4 is 0 Å². The molecule has 0 amide bonds. The van der Waals surface area contributed by atoms with Gasteiger partial charge in [-0.25, -0.2) is 0 Å². The normalized spacial score (nSPS) is 21.3. The van der Waals surface area contributed by atoms with E-state index in [-0.39, 0.29) is 0 Å². The molecule has 0 radical (unpaired) electrons. The largest absolute Gasteiger partial charge is 0.0998 e. The van der Waals surface area contributed by atoms with Gasteiger partial charge in [0.25, 0.3) is 0 Å². The third-order valence-electron chi connectivity index (χ3n) is 3.93. The molecular formula is C15H28. The van der Waals surface area contributed by atoms with Gasteiger partial charge < -0.3 is 0 Å². The molecule has 1 saturated carbocycles. The van der Waals surface area contributed by atoms with E-state index in [1.807, 2.05) is 0 Å². The monoisotopic (exact) mass is 208 g/mol. The molecule has 1 aliphatic carbocycles. The summed E-state index contributed by atoms with van der Waals surface area (Å²) in [6.07, 6.45) is 8.66. The quantitative estimate of drug-likeness (QED) is 0.559. The summed E-state index contributed by atoms with van der Waals surface area (Å²) in [5, 5.41) is 0. The lowest BCUT2D eigenvalue weighted by atomic mass is 9.70. The van der Waals surface area contributed by atoms with Crippen molar-refractivity contribution in [1.29, 1.82) is 0 Å². The van der Waals surface area contributed by atoms with Crippen LogP contribution in [0.15, 0.2) is 12.2 Å². The molecule has 0 N–H and O–H groups in total. The van der Waals surface area contributed by atoms with Gasteiger partial charge in [-0.1, -0.05) is 65.0 Å². The molecule has 1 atom stereocenters. The highest BCUT2D eigenvalue weighted by Crippen LogP contribution is 2.39. The summed E-state index contributed by atoms with van der Waals surface area (Å²) in [6.45, 7) is 13.5. The first kappa shape index (κ1) is 12.8. The van der Waals surface area contributed by atoms with E-state index in [4.69, 9.17) is 0 Å². The smallest absolute Gasteiger partial charge is 0.0157 e. The summed E-state index contributed by atoms with van der Waals surface area (Å²) >= 11 is 0. The summed E-state index contributed by atoms with van der Waals surface area (Å²) in [5.41, 5.74) is 1.77. The van der Waals surface area contributed by atoms with Crippen molar-refractivity contribution in [3.63, 3.8) is 0 Å². The van der Waals surface area contributed by atoms with Crippen LogP contribution in [-0.2, 0) is 0 Å². The zero-order chi connectivity index (χ0) is 11.5. The number of hydrogen-bond acceptors (Lipinski definition) is 0. The third kappa shape index (κ3) is 4.01. The van der Waals surface area contributed by atoms with E-state index in [0.717, 1.165) is 5.92 Å². The Morgan fingerprint density at radius 3 is 2.13 bits per heavy atom. The lowest BCUT2D eigenvalue weighted by Gasteiger charge is -2.35. The van der Waals surface area contributed by atoms with Crippen LogP contribution in [0.4, 0.5) is 0 Å². The first-order valence-electron chi connectivity index (χ1n) is 6.56. The second kappa shape index (κ2) is 5.18. The fraction of sp³-hybridized carbons (Fsp3) is 0.867. The zero-order valence-electron chi connectivity index (χ0n) is 11.1. The molecule has 1 unspecified atom stereocenters. The van der Waals surface area contributed by atoms with Gasteiger partial charge in [-0.2, -0.15) is 0 Å². The van der Waals surface area contributed by atoms with Crippen LogP contribution in [0.5, 0.6) is 0 Å². The summed E-state index contributed by atoms with van der Waals surface area (Å²) < 4.78 is 0. The van der Waals surface area contributed by atoms with Crippen molar-refractivity contribution in [2.45, 2.75) is 66.2 Å². The van der Waals surface area contributed by atoms with Crippen LogP contribution in [-0.4, -0.2) is 0 Å². The van der Waals surface area contributed by atoms with Crippen molar-refractivity contribution in [1.82, 2.24) is 0 Å². The average Bonchev–Trinajstić information content (AvgIpc) is 2.13. The highest BCUT2D eigenvalue weighted by Gasteiger charge is 2.28. The minimum atomic E-state index is 0.392. The minimum Gasteiger partial charge on any atom is -0.0998 e. The topological polar surface area (TPSA) is 0 Å². The second-order valence-electron chi connectivity index (χ2n) is 6.50. The molecule has 0 aromatic rings. The van der Waals surface area contributed by atoms with E-state index in [0.29, 0.717) is 11.3 Å². The fourth-order valence-corrected chi connectivity index (χ4v) is 3.05. The molecule has 1 fully saturated rings. The van der Waals surface area contributed by atoms with Crippen LogP contribution >= 0.6 is 0 Å². The molecule has 88 valence electrons. The summed E-state index contributed by atoms with van der Waals surface area (Å²) in [4.78, 5) is 0. The Labute approximate surface area is 96.2 Å². The van der Waals surface area contributed by atoms with Crippen molar-refractivity contribution < 1.29 is 0 Å². The first-order valence-corrected chi connectivity index (χ1v) is 6.56. The summed E-state index contributed by atoms with van der Waals surface area (Å²) in [7, 11) is 0. The Balaban J connectivity index is 2.54. The third-order valence-corrected chi connectivity index (χ3v) is 3.93.